The van der Waals surface area contributed by atoms with E-state index in [4.69, 9.17) is 23.2 Å². The first-order valence-electron chi connectivity index (χ1n) is 8.33. The Morgan fingerprint density at radius 3 is 2.73 bits per heavy atom. The molecule has 26 heavy (non-hydrogen) atoms. The summed E-state index contributed by atoms with van der Waals surface area (Å²) in [5, 5.41) is 6.44. The highest BCUT2D eigenvalue weighted by molar-refractivity contribution is 6.44. The summed E-state index contributed by atoms with van der Waals surface area (Å²) >= 11 is 12.3. The molecule has 0 radical (unpaired) electrons. The predicted octanol–water partition coefficient (Wildman–Crippen LogP) is 5.39. The molecule has 0 aliphatic heterocycles. The number of nitrogens with one attached hydrogen (secondary N) is 1. The van der Waals surface area contributed by atoms with Crippen LogP contribution in [0.4, 0.5) is 14.5 Å². The number of hydrogen-bond acceptors (Lipinski definition) is 2. The van der Waals surface area contributed by atoms with E-state index >= 15 is 0 Å². The Morgan fingerprint density at radius 1 is 1.35 bits per heavy atom. The summed E-state index contributed by atoms with van der Waals surface area (Å²) in [6.45, 7) is 2.11. The molecule has 0 bridgehead atoms. The van der Waals surface area contributed by atoms with Crippen molar-refractivity contribution < 1.29 is 13.6 Å². The number of carbonyl (C=O) groups is 1. The molecule has 4 nitrogen and oxygen atoms in total. The van der Waals surface area contributed by atoms with Crippen molar-refractivity contribution in [2.45, 2.75) is 42.9 Å². The summed E-state index contributed by atoms with van der Waals surface area (Å²) in [4.78, 5) is 12.0. The molecular weight excluding hydrogens is 383 g/mol. The molecular formula is C18H19Cl2F2N3O. The minimum absolute atomic E-state index is 0.121. The Balaban J connectivity index is 1.99. The monoisotopic (exact) mass is 401 g/mol. The van der Waals surface area contributed by atoms with Gasteiger partial charge in [0.25, 0.3) is 12.3 Å². The van der Waals surface area contributed by atoms with Crippen LogP contribution in [-0.4, -0.2) is 20.5 Å². The molecule has 2 aromatic rings. The molecule has 0 fully saturated rings. The molecule has 1 aliphatic rings. The van der Waals surface area contributed by atoms with Crippen LogP contribution >= 0.6 is 23.2 Å². The van der Waals surface area contributed by atoms with Gasteiger partial charge in [-0.2, -0.15) is 5.10 Å². The number of hydrogen-bond donors (Lipinski definition) is 1. The molecule has 0 saturated carbocycles. The van der Waals surface area contributed by atoms with E-state index in [-0.39, 0.29) is 11.5 Å². The number of benzene rings is 1. The molecule has 1 aliphatic carbocycles. The molecule has 2 atom stereocenters. The summed E-state index contributed by atoms with van der Waals surface area (Å²) in [6, 6.07) is 5.57. The molecule has 140 valence electrons. The van der Waals surface area contributed by atoms with E-state index in [0.717, 1.165) is 24.0 Å². The lowest BCUT2D eigenvalue weighted by Crippen LogP contribution is -2.22. The number of fused-ring (bicyclic) bond motifs is 1. The molecule has 1 heterocycles. The van der Waals surface area contributed by atoms with Gasteiger partial charge in [-0.05, 0) is 36.0 Å². The number of aromatic nitrogens is 2. The van der Waals surface area contributed by atoms with Crippen LogP contribution in [0.5, 0.6) is 0 Å². The zero-order valence-electron chi connectivity index (χ0n) is 14.3. The second-order valence-corrected chi connectivity index (χ2v) is 7.75. The van der Waals surface area contributed by atoms with Gasteiger partial charge in [0.05, 0.1) is 5.56 Å². The summed E-state index contributed by atoms with van der Waals surface area (Å²) in [6.07, 6.45) is 0.208. The van der Waals surface area contributed by atoms with Crippen LogP contribution in [0.1, 0.15) is 65.2 Å². The SMILES string of the molecule is CC1CCC(C(Cl)Cl)c2c(NC(=O)c3cn(C)nc3C(F)F)cccc21. The minimum Gasteiger partial charge on any atom is -0.322 e. The highest BCUT2D eigenvalue weighted by atomic mass is 35.5. The maximum atomic E-state index is 13.1. The van der Waals surface area contributed by atoms with Crippen molar-refractivity contribution >= 4 is 34.8 Å². The van der Waals surface area contributed by atoms with Gasteiger partial charge >= 0.3 is 0 Å². The van der Waals surface area contributed by atoms with E-state index in [0.29, 0.717) is 11.6 Å². The average Bonchev–Trinajstić information content (AvgIpc) is 2.98. The van der Waals surface area contributed by atoms with Crippen molar-refractivity contribution in [3.05, 3.63) is 46.8 Å². The molecule has 0 saturated heterocycles. The molecule has 2 unspecified atom stereocenters. The Kier molecular flexibility index (Phi) is 5.53. The molecule has 1 amide bonds. The molecule has 3 rings (SSSR count). The number of carbonyl (C=O) groups excluding carboxylic acids is 1. The standard InChI is InChI=1S/C18H19Cl2F2N3O/c1-9-6-7-11(16(19)20)14-10(9)4-3-5-13(14)23-18(26)12-8-25(2)24-15(12)17(21)22/h3-5,8-9,11,16-17H,6-7H2,1-2H3,(H,23,26). The van der Waals surface area contributed by atoms with E-state index in [1.54, 1.807) is 6.07 Å². The fourth-order valence-corrected chi connectivity index (χ4v) is 4.05. The Bertz CT molecular complexity index is 823. The third kappa shape index (κ3) is 3.58. The fraction of sp³-hybridized carbons (Fsp3) is 0.444. The molecule has 1 aromatic heterocycles. The van der Waals surface area contributed by atoms with Gasteiger partial charge in [0.15, 0.2) is 0 Å². The van der Waals surface area contributed by atoms with Crippen molar-refractivity contribution in [3.8, 4) is 0 Å². The van der Waals surface area contributed by atoms with Crippen molar-refractivity contribution in [2.24, 2.45) is 7.05 Å². The molecule has 8 heteroatoms. The Morgan fingerprint density at radius 2 is 2.08 bits per heavy atom. The molecule has 1 aromatic carbocycles. The topological polar surface area (TPSA) is 46.9 Å². The van der Waals surface area contributed by atoms with Gasteiger partial charge in [-0.1, -0.05) is 19.1 Å². The van der Waals surface area contributed by atoms with E-state index < -0.39 is 22.9 Å². The summed E-state index contributed by atoms with van der Waals surface area (Å²) in [5.41, 5.74) is 1.84. The fourth-order valence-electron chi connectivity index (χ4n) is 3.55. The van der Waals surface area contributed by atoms with Gasteiger partial charge in [-0.15, -0.1) is 23.2 Å². The summed E-state index contributed by atoms with van der Waals surface area (Å²) in [5.74, 6) is -0.441. The average molecular weight is 402 g/mol. The number of amides is 1. The molecule has 1 N–H and O–H groups in total. The van der Waals surface area contributed by atoms with Gasteiger partial charge in [0.1, 0.15) is 10.5 Å². The summed E-state index contributed by atoms with van der Waals surface area (Å²) < 4.78 is 27.5. The van der Waals surface area contributed by atoms with E-state index in [1.165, 1.54) is 17.9 Å². The van der Waals surface area contributed by atoms with Crippen LogP contribution in [0, 0.1) is 0 Å². The van der Waals surface area contributed by atoms with Crippen molar-refractivity contribution in [1.29, 1.82) is 0 Å². The van der Waals surface area contributed by atoms with E-state index in [9.17, 15) is 13.6 Å². The first-order chi connectivity index (χ1) is 12.3. The van der Waals surface area contributed by atoms with Crippen molar-refractivity contribution in [1.82, 2.24) is 9.78 Å². The summed E-state index contributed by atoms with van der Waals surface area (Å²) in [7, 11) is 1.50. The van der Waals surface area contributed by atoms with Crippen LogP contribution in [0.15, 0.2) is 24.4 Å². The number of nitrogens with zero attached hydrogens (tertiary/aromatic N) is 2. The lowest BCUT2D eigenvalue weighted by atomic mass is 9.77. The van der Waals surface area contributed by atoms with Crippen LogP contribution < -0.4 is 5.32 Å². The highest BCUT2D eigenvalue weighted by Crippen LogP contribution is 2.46. The number of halogens is 4. The third-order valence-electron chi connectivity index (χ3n) is 4.81. The van der Waals surface area contributed by atoms with Crippen molar-refractivity contribution in [2.75, 3.05) is 5.32 Å². The van der Waals surface area contributed by atoms with Crippen LogP contribution in [0.2, 0.25) is 0 Å². The number of aryl methyl sites for hydroxylation is 1. The first kappa shape index (κ1) is 19.1. The zero-order chi connectivity index (χ0) is 19.0. The third-order valence-corrected chi connectivity index (χ3v) is 5.42. The number of alkyl halides is 4. The van der Waals surface area contributed by atoms with Gasteiger partial charge in [-0.25, -0.2) is 8.78 Å². The smallest absolute Gasteiger partial charge is 0.282 e. The zero-order valence-corrected chi connectivity index (χ0v) is 15.9. The second-order valence-electron chi connectivity index (χ2n) is 6.58. The Hall–Kier alpha value is -1.66. The first-order valence-corrected chi connectivity index (χ1v) is 9.20. The second kappa shape index (κ2) is 7.53. The number of anilines is 1. The van der Waals surface area contributed by atoms with Crippen molar-refractivity contribution in [3.63, 3.8) is 0 Å². The minimum atomic E-state index is -2.83. The van der Waals surface area contributed by atoms with Gasteiger partial charge in [-0.3, -0.25) is 9.48 Å². The quantitative estimate of drug-likeness (QED) is 0.697. The van der Waals surface area contributed by atoms with Crippen LogP contribution in [-0.2, 0) is 7.05 Å². The number of rotatable bonds is 4. The highest BCUT2D eigenvalue weighted by Gasteiger charge is 2.32. The lowest BCUT2D eigenvalue weighted by molar-refractivity contribution is 0.101. The van der Waals surface area contributed by atoms with E-state index in [2.05, 4.69) is 17.3 Å². The lowest BCUT2D eigenvalue weighted by Gasteiger charge is -2.32. The van der Waals surface area contributed by atoms with E-state index in [1.807, 2.05) is 12.1 Å². The van der Waals surface area contributed by atoms with Gasteiger partial charge < -0.3 is 5.32 Å². The largest absolute Gasteiger partial charge is 0.322 e. The predicted molar refractivity (Wildman–Crippen MR) is 98.4 cm³/mol. The Labute approximate surface area is 160 Å². The maximum Gasteiger partial charge on any atom is 0.282 e. The van der Waals surface area contributed by atoms with Gasteiger partial charge in [0.2, 0.25) is 0 Å². The maximum absolute atomic E-state index is 13.1. The van der Waals surface area contributed by atoms with Gasteiger partial charge in [0, 0.05) is 24.8 Å². The van der Waals surface area contributed by atoms with Crippen LogP contribution in [0.25, 0.3) is 0 Å². The normalized spacial score (nSPS) is 19.7. The van der Waals surface area contributed by atoms with Crippen LogP contribution in [0.3, 0.4) is 0 Å². The molecule has 0 spiro atoms.